The lowest BCUT2D eigenvalue weighted by atomic mass is 10.2. The minimum atomic E-state index is -1.07. The standard InChI is InChI=1S/C9H10N2O3S/c1-14-7-3-2-5(11-9(10)15)4-6(7)8(12)13/h2-4H,1H3,(H,12,13)(H3,10,11,15). The van der Waals surface area contributed by atoms with Gasteiger partial charge in [0.2, 0.25) is 0 Å². The first kappa shape index (κ1) is 11.3. The van der Waals surface area contributed by atoms with Crippen molar-refractivity contribution in [1.82, 2.24) is 0 Å². The molecule has 0 saturated heterocycles. The summed E-state index contributed by atoms with van der Waals surface area (Å²) in [5, 5.41) is 11.6. The van der Waals surface area contributed by atoms with E-state index >= 15 is 0 Å². The Balaban J connectivity index is 3.10. The van der Waals surface area contributed by atoms with Crippen LogP contribution in [0.5, 0.6) is 5.75 Å². The van der Waals surface area contributed by atoms with E-state index in [4.69, 9.17) is 15.6 Å². The largest absolute Gasteiger partial charge is 0.496 e. The summed E-state index contributed by atoms with van der Waals surface area (Å²) in [6.45, 7) is 0. The first-order chi connectivity index (χ1) is 7.04. The zero-order valence-electron chi connectivity index (χ0n) is 7.98. The summed E-state index contributed by atoms with van der Waals surface area (Å²) >= 11 is 4.64. The Morgan fingerprint density at radius 1 is 1.60 bits per heavy atom. The lowest BCUT2D eigenvalue weighted by Gasteiger charge is -2.08. The molecule has 6 heteroatoms. The van der Waals surface area contributed by atoms with Crippen molar-refractivity contribution in [1.29, 1.82) is 0 Å². The molecule has 0 bridgehead atoms. The van der Waals surface area contributed by atoms with E-state index in [-0.39, 0.29) is 16.4 Å². The Morgan fingerprint density at radius 3 is 2.73 bits per heavy atom. The van der Waals surface area contributed by atoms with Gasteiger partial charge < -0.3 is 20.9 Å². The van der Waals surface area contributed by atoms with E-state index in [1.54, 1.807) is 6.07 Å². The lowest BCUT2D eigenvalue weighted by molar-refractivity contribution is 0.0693. The van der Waals surface area contributed by atoms with Gasteiger partial charge in [-0.25, -0.2) is 4.79 Å². The van der Waals surface area contributed by atoms with Crippen molar-refractivity contribution in [3.05, 3.63) is 23.8 Å². The SMILES string of the molecule is COc1ccc(NC(N)=S)cc1C(=O)O. The average molecular weight is 226 g/mol. The third kappa shape index (κ3) is 2.81. The van der Waals surface area contributed by atoms with Gasteiger partial charge in [-0.15, -0.1) is 0 Å². The van der Waals surface area contributed by atoms with Crippen LogP contribution in [-0.2, 0) is 0 Å². The molecule has 0 heterocycles. The second kappa shape index (κ2) is 4.61. The zero-order chi connectivity index (χ0) is 11.4. The van der Waals surface area contributed by atoms with Crippen molar-refractivity contribution in [3.63, 3.8) is 0 Å². The van der Waals surface area contributed by atoms with E-state index in [1.165, 1.54) is 19.2 Å². The fourth-order valence-corrected chi connectivity index (χ4v) is 1.21. The molecule has 4 N–H and O–H groups in total. The topological polar surface area (TPSA) is 84.6 Å². The number of hydrogen-bond donors (Lipinski definition) is 3. The highest BCUT2D eigenvalue weighted by molar-refractivity contribution is 7.80. The minimum Gasteiger partial charge on any atom is -0.496 e. The third-order valence-electron chi connectivity index (χ3n) is 1.70. The van der Waals surface area contributed by atoms with E-state index in [0.717, 1.165) is 0 Å². The van der Waals surface area contributed by atoms with Crippen molar-refractivity contribution < 1.29 is 14.6 Å². The molecular weight excluding hydrogens is 216 g/mol. The van der Waals surface area contributed by atoms with Gasteiger partial charge in [0.05, 0.1) is 7.11 Å². The molecule has 0 aliphatic heterocycles. The summed E-state index contributed by atoms with van der Waals surface area (Å²) < 4.78 is 4.89. The van der Waals surface area contributed by atoms with Crippen LogP contribution in [0.4, 0.5) is 5.69 Å². The van der Waals surface area contributed by atoms with Crippen LogP contribution in [-0.4, -0.2) is 23.3 Å². The summed E-state index contributed by atoms with van der Waals surface area (Å²) in [6.07, 6.45) is 0. The molecule has 0 aliphatic rings. The minimum absolute atomic E-state index is 0.0544. The molecule has 0 unspecified atom stereocenters. The molecule has 0 atom stereocenters. The normalized spacial score (nSPS) is 9.40. The summed E-state index contributed by atoms with van der Waals surface area (Å²) in [4.78, 5) is 10.8. The van der Waals surface area contributed by atoms with Crippen molar-refractivity contribution in [3.8, 4) is 5.75 Å². The quantitative estimate of drug-likeness (QED) is 0.668. The molecule has 0 fully saturated rings. The Morgan fingerprint density at radius 2 is 2.27 bits per heavy atom. The number of carboxylic acid groups (broad SMARTS) is 1. The molecule has 1 aromatic carbocycles. The highest BCUT2D eigenvalue weighted by Gasteiger charge is 2.11. The van der Waals surface area contributed by atoms with Crippen LogP contribution >= 0.6 is 12.2 Å². The van der Waals surface area contributed by atoms with Gasteiger partial charge in [0.15, 0.2) is 5.11 Å². The van der Waals surface area contributed by atoms with Crippen LogP contribution in [0.2, 0.25) is 0 Å². The number of rotatable bonds is 3. The van der Waals surface area contributed by atoms with Crippen LogP contribution < -0.4 is 15.8 Å². The first-order valence-corrected chi connectivity index (χ1v) is 4.43. The molecule has 0 amide bonds. The Hall–Kier alpha value is -1.82. The molecule has 0 saturated carbocycles. The van der Waals surface area contributed by atoms with Crippen molar-refractivity contribution in [2.24, 2.45) is 5.73 Å². The van der Waals surface area contributed by atoms with Crippen molar-refractivity contribution in [2.75, 3.05) is 12.4 Å². The fourth-order valence-electron chi connectivity index (χ4n) is 1.10. The number of ether oxygens (including phenoxy) is 1. The Bertz CT molecular complexity index is 406. The van der Waals surface area contributed by atoms with Gasteiger partial charge in [0.1, 0.15) is 11.3 Å². The average Bonchev–Trinajstić information content (AvgIpc) is 2.16. The van der Waals surface area contributed by atoms with E-state index in [2.05, 4.69) is 17.5 Å². The van der Waals surface area contributed by atoms with Crippen LogP contribution in [0.25, 0.3) is 0 Å². The molecule has 5 nitrogen and oxygen atoms in total. The van der Waals surface area contributed by atoms with Crippen molar-refractivity contribution >= 4 is 29.0 Å². The number of nitrogens with two attached hydrogens (primary N) is 1. The van der Waals surface area contributed by atoms with Gasteiger partial charge in [-0.3, -0.25) is 0 Å². The monoisotopic (exact) mass is 226 g/mol. The van der Waals surface area contributed by atoms with Crippen LogP contribution in [0, 0.1) is 0 Å². The molecule has 1 aromatic rings. The fraction of sp³-hybridized carbons (Fsp3) is 0.111. The lowest BCUT2D eigenvalue weighted by Crippen LogP contribution is -2.19. The molecule has 80 valence electrons. The summed E-state index contributed by atoms with van der Waals surface area (Å²) in [6, 6.07) is 4.56. The van der Waals surface area contributed by atoms with Crippen LogP contribution in [0.1, 0.15) is 10.4 Å². The number of carboxylic acids is 1. The molecular formula is C9H10N2O3S. The van der Waals surface area contributed by atoms with E-state index in [9.17, 15) is 4.79 Å². The zero-order valence-corrected chi connectivity index (χ0v) is 8.80. The highest BCUT2D eigenvalue weighted by atomic mass is 32.1. The van der Waals surface area contributed by atoms with Crippen LogP contribution in [0.15, 0.2) is 18.2 Å². The predicted octanol–water partition coefficient (Wildman–Crippen LogP) is 1.05. The second-order valence-corrected chi connectivity index (χ2v) is 3.15. The molecule has 1 rings (SSSR count). The molecule has 0 aliphatic carbocycles. The van der Waals surface area contributed by atoms with E-state index < -0.39 is 5.97 Å². The van der Waals surface area contributed by atoms with Gasteiger partial charge in [-0.05, 0) is 30.4 Å². The maximum atomic E-state index is 10.8. The first-order valence-electron chi connectivity index (χ1n) is 4.02. The molecule has 0 spiro atoms. The maximum Gasteiger partial charge on any atom is 0.339 e. The van der Waals surface area contributed by atoms with Gasteiger partial charge in [-0.2, -0.15) is 0 Å². The second-order valence-electron chi connectivity index (χ2n) is 2.71. The predicted molar refractivity (Wildman–Crippen MR) is 60.4 cm³/mol. The number of anilines is 1. The smallest absolute Gasteiger partial charge is 0.339 e. The van der Waals surface area contributed by atoms with Gasteiger partial charge in [0, 0.05) is 5.69 Å². The number of aromatic carboxylic acids is 1. The summed E-state index contributed by atoms with van der Waals surface area (Å²) in [5.41, 5.74) is 5.83. The number of thiocarbonyl (C=S) groups is 1. The van der Waals surface area contributed by atoms with Gasteiger partial charge >= 0.3 is 5.97 Å². The summed E-state index contributed by atoms with van der Waals surface area (Å²) in [7, 11) is 1.41. The maximum absolute atomic E-state index is 10.8. The Labute approximate surface area is 91.8 Å². The number of nitrogens with one attached hydrogen (secondary N) is 1. The molecule has 15 heavy (non-hydrogen) atoms. The Kier molecular flexibility index (Phi) is 3.46. The van der Waals surface area contributed by atoms with E-state index in [1.807, 2.05) is 0 Å². The highest BCUT2D eigenvalue weighted by Crippen LogP contribution is 2.22. The number of carbonyl (C=O) groups is 1. The van der Waals surface area contributed by atoms with Gasteiger partial charge in [-0.1, -0.05) is 0 Å². The number of methoxy groups -OCH3 is 1. The summed E-state index contributed by atoms with van der Waals surface area (Å²) in [5.74, 6) is -0.783. The number of benzene rings is 1. The third-order valence-corrected chi connectivity index (χ3v) is 1.80. The van der Waals surface area contributed by atoms with Gasteiger partial charge in [0.25, 0.3) is 0 Å². The van der Waals surface area contributed by atoms with Crippen LogP contribution in [0.3, 0.4) is 0 Å². The molecule has 0 radical (unpaired) electrons. The van der Waals surface area contributed by atoms with E-state index in [0.29, 0.717) is 5.69 Å². The molecule has 0 aromatic heterocycles. The van der Waals surface area contributed by atoms with Crippen molar-refractivity contribution in [2.45, 2.75) is 0 Å². The number of hydrogen-bond acceptors (Lipinski definition) is 3.